The Kier molecular flexibility index (Phi) is 4.16. The Labute approximate surface area is 143 Å². The highest BCUT2D eigenvalue weighted by molar-refractivity contribution is 9.10. The molecular formula is C15H14BrF3N4O. The van der Waals surface area contributed by atoms with E-state index in [9.17, 15) is 18.0 Å². The number of hydrogen-bond donors (Lipinski definition) is 3. The normalized spacial score (nSPS) is 20.5. The molecule has 1 unspecified atom stereocenters. The lowest BCUT2D eigenvalue weighted by molar-refractivity contribution is -0.140. The van der Waals surface area contributed by atoms with E-state index < -0.39 is 29.0 Å². The van der Waals surface area contributed by atoms with Gasteiger partial charge in [-0.1, -0.05) is 22.0 Å². The average molecular weight is 403 g/mol. The first-order valence-corrected chi connectivity index (χ1v) is 7.96. The smallest absolute Gasteiger partial charge is 0.321 e. The molecule has 1 aromatic carbocycles. The lowest BCUT2D eigenvalue weighted by Crippen LogP contribution is -2.55. The minimum Gasteiger partial charge on any atom is -0.321 e. The SMILES string of the molecule is NC1(C(=O)Nc2cn[nH]c2C(F)(F)F)CCc2cc(Br)ccc2C1. The van der Waals surface area contributed by atoms with Gasteiger partial charge in [0.05, 0.1) is 11.9 Å². The summed E-state index contributed by atoms with van der Waals surface area (Å²) in [7, 11) is 0. The van der Waals surface area contributed by atoms with Crippen molar-refractivity contribution in [3.8, 4) is 0 Å². The van der Waals surface area contributed by atoms with Gasteiger partial charge < -0.3 is 11.1 Å². The Morgan fingerprint density at radius 3 is 2.83 bits per heavy atom. The summed E-state index contributed by atoms with van der Waals surface area (Å²) in [4.78, 5) is 12.5. The monoisotopic (exact) mass is 402 g/mol. The van der Waals surface area contributed by atoms with Crippen LogP contribution in [0.5, 0.6) is 0 Å². The van der Waals surface area contributed by atoms with Crippen molar-refractivity contribution in [2.75, 3.05) is 5.32 Å². The topological polar surface area (TPSA) is 83.8 Å². The number of carbonyl (C=O) groups is 1. The molecule has 128 valence electrons. The molecule has 4 N–H and O–H groups in total. The molecule has 3 rings (SSSR count). The Bertz CT molecular complexity index is 789. The molecule has 0 saturated carbocycles. The van der Waals surface area contributed by atoms with Gasteiger partial charge in [-0.25, -0.2) is 0 Å². The predicted octanol–water partition coefficient (Wildman–Crippen LogP) is 3.02. The maximum absolute atomic E-state index is 12.8. The molecule has 2 aromatic rings. The van der Waals surface area contributed by atoms with Crippen LogP contribution in [0.3, 0.4) is 0 Å². The Morgan fingerprint density at radius 2 is 2.12 bits per heavy atom. The number of benzene rings is 1. The largest absolute Gasteiger partial charge is 0.434 e. The van der Waals surface area contributed by atoms with Crippen molar-refractivity contribution in [3.63, 3.8) is 0 Å². The summed E-state index contributed by atoms with van der Waals surface area (Å²) in [5, 5.41) is 7.46. The third-order valence-corrected chi connectivity index (χ3v) is 4.63. The van der Waals surface area contributed by atoms with Crippen LogP contribution < -0.4 is 11.1 Å². The first-order chi connectivity index (χ1) is 11.2. The molecule has 1 aliphatic carbocycles. The number of nitrogens with one attached hydrogen (secondary N) is 2. The van der Waals surface area contributed by atoms with Crippen LogP contribution in [0.15, 0.2) is 28.9 Å². The van der Waals surface area contributed by atoms with Crippen molar-refractivity contribution in [2.45, 2.75) is 31.0 Å². The molecule has 0 bridgehead atoms. The quantitative estimate of drug-likeness (QED) is 0.721. The summed E-state index contributed by atoms with van der Waals surface area (Å²) in [5.41, 5.74) is 5.42. The second-order valence-electron chi connectivity index (χ2n) is 5.86. The van der Waals surface area contributed by atoms with E-state index >= 15 is 0 Å². The highest BCUT2D eigenvalue weighted by Crippen LogP contribution is 2.34. The van der Waals surface area contributed by atoms with E-state index in [1.54, 1.807) is 0 Å². The van der Waals surface area contributed by atoms with Gasteiger partial charge in [-0.15, -0.1) is 0 Å². The number of aryl methyl sites for hydroxylation is 1. The van der Waals surface area contributed by atoms with E-state index in [0.717, 1.165) is 21.8 Å². The highest BCUT2D eigenvalue weighted by Gasteiger charge is 2.40. The van der Waals surface area contributed by atoms with Crippen LogP contribution in [0, 0.1) is 0 Å². The van der Waals surface area contributed by atoms with Crippen LogP contribution in [0.4, 0.5) is 18.9 Å². The number of nitrogens with zero attached hydrogens (tertiary/aromatic N) is 1. The molecule has 1 aliphatic rings. The van der Waals surface area contributed by atoms with Gasteiger partial charge in [0.2, 0.25) is 5.91 Å². The number of rotatable bonds is 2. The lowest BCUT2D eigenvalue weighted by Gasteiger charge is -2.33. The van der Waals surface area contributed by atoms with Crippen molar-refractivity contribution in [1.82, 2.24) is 10.2 Å². The van der Waals surface area contributed by atoms with Gasteiger partial charge in [-0.3, -0.25) is 9.89 Å². The number of amides is 1. The highest BCUT2D eigenvalue weighted by atomic mass is 79.9. The molecule has 1 atom stereocenters. The van der Waals surface area contributed by atoms with Gasteiger partial charge in [-0.2, -0.15) is 18.3 Å². The van der Waals surface area contributed by atoms with Crippen LogP contribution in [0.2, 0.25) is 0 Å². The molecule has 0 spiro atoms. The fourth-order valence-electron chi connectivity index (χ4n) is 2.82. The molecule has 24 heavy (non-hydrogen) atoms. The van der Waals surface area contributed by atoms with Crippen molar-refractivity contribution in [1.29, 1.82) is 0 Å². The van der Waals surface area contributed by atoms with Gasteiger partial charge in [-0.05, 0) is 42.5 Å². The van der Waals surface area contributed by atoms with E-state index in [1.807, 2.05) is 23.3 Å². The van der Waals surface area contributed by atoms with Crippen LogP contribution >= 0.6 is 15.9 Å². The molecule has 0 fully saturated rings. The fraction of sp³-hybridized carbons (Fsp3) is 0.333. The number of aromatic amines is 1. The molecular weight excluding hydrogens is 389 g/mol. The van der Waals surface area contributed by atoms with Gasteiger partial charge in [0.1, 0.15) is 5.54 Å². The van der Waals surface area contributed by atoms with Crippen LogP contribution in [0.25, 0.3) is 0 Å². The third kappa shape index (κ3) is 3.18. The summed E-state index contributed by atoms with van der Waals surface area (Å²) in [6, 6.07) is 5.68. The Balaban J connectivity index is 1.81. The average Bonchev–Trinajstić information content (AvgIpc) is 2.96. The molecule has 1 aromatic heterocycles. The number of halogens is 4. The molecule has 9 heteroatoms. The third-order valence-electron chi connectivity index (χ3n) is 4.14. The minimum absolute atomic E-state index is 0.265. The van der Waals surface area contributed by atoms with Gasteiger partial charge >= 0.3 is 6.18 Å². The van der Waals surface area contributed by atoms with Crippen LogP contribution in [-0.2, 0) is 23.8 Å². The number of anilines is 1. The number of carbonyl (C=O) groups excluding carboxylic acids is 1. The first-order valence-electron chi connectivity index (χ1n) is 7.17. The standard InChI is InChI=1S/C15H14BrF3N4O/c16-10-2-1-9-6-14(20,4-3-8(9)5-10)13(24)22-11-7-21-23-12(11)15(17,18)19/h1-2,5,7H,3-4,6,20H2,(H,21,23)(H,22,24). The van der Waals surface area contributed by atoms with E-state index in [4.69, 9.17) is 5.73 Å². The van der Waals surface area contributed by atoms with Gasteiger partial charge in [0, 0.05) is 4.47 Å². The van der Waals surface area contributed by atoms with Crippen LogP contribution in [0.1, 0.15) is 23.2 Å². The van der Waals surface area contributed by atoms with Crippen molar-refractivity contribution in [3.05, 3.63) is 45.7 Å². The van der Waals surface area contributed by atoms with Crippen LogP contribution in [-0.4, -0.2) is 21.6 Å². The Hall–Kier alpha value is -1.87. The number of nitrogens with two attached hydrogens (primary N) is 1. The second-order valence-corrected chi connectivity index (χ2v) is 6.77. The summed E-state index contributed by atoms with van der Waals surface area (Å²) in [6.45, 7) is 0. The number of H-pyrrole nitrogens is 1. The minimum atomic E-state index is -4.63. The number of alkyl halides is 3. The summed E-state index contributed by atoms with van der Waals surface area (Å²) >= 11 is 3.39. The number of fused-ring (bicyclic) bond motifs is 1. The van der Waals surface area contributed by atoms with E-state index in [-0.39, 0.29) is 6.42 Å². The van der Waals surface area contributed by atoms with E-state index in [1.165, 1.54) is 0 Å². The maximum atomic E-state index is 12.8. The predicted molar refractivity (Wildman–Crippen MR) is 85.3 cm³/mol. The maximum Gasteiger partial charge on any atom is 0.434 e. The number of aromatic nitrogens is 2. The van der Waals surface area contributed by atoms with Crippen molar-refractivity contribution >= 4 is 27.5 Å². The van der Waals surface area contributed by atoms with Gasteiger partial charge in [0.25, 0.3) is 0 Å². The Morgan fingerprint density at radius 1 is 1.38 bits per heavy atom. The van der Waals surface area contributed by atoms with Crippen molar-refractivity contribution < 1.29 is 18.0 Å². The zero-order valence-electron chi connectivity index (χ0n) is 12.4. The summed E-state index contributed by atoms with van der Waals surface area (Å²) in [6.07, 6.45) is -2.51. The van der Waals surface area contributed by atoms with E-state index in [2.05, 4.69) is 26.3 Å². The number of hydrogen-bond acceptors (Lipinski definition) is 3. The molecule has 1 amide bonds. The fourth-order valence-corrected chi connectivity index (χ4v) is 3.23. The van der Waals surface area contributed by atoms with E-state index in [0.29, 0.717) is 12.8 Å². The first kappa shape index (κ1) is 17.0. The summed E-state index contributed by atoms with van der Waals surface area (Å²) < 4.78 is 39.5. The molecule has 0 aliphatic heterocycles. The van der Waals surface area contributed by atoms with Gasteiger partial charge in [0.15, 0.2) is 5.69 Å². The zero-order valence-corrected chi connectivity index (χ0v) is 14.0. The summed E-state index contributed by atoms with van der Waals surface area (Å²) in [5.74, 6) is -0.650. The van der Waals surface area contributed by atoms with Crippen molar-refractivity contribution in [2.24, 2.45) is 5.73 Å². The second kappa shape index (κ2) is 5.89. The molecule has 0 saturated heterocycles. The molecule has 5 nitrogen and oxygen atoms in total. The molecule has 1 heterocycles. The lowest BCUT2D eigenvalue weighted by atomic mass is 9.78. The zero-order chi connectivity index (χ0) is 17.5. The molecule has 0 radical (unpaired) electrons.